The Bertz CT molecular complexity index is 1540. The molecule has 6 nitrogen and oxygen atoms in total. The Morgan fingerprint density at radius 2 is 1.70 bits per heavy atom. The summed E-state index contributed by atoms with van der Waals surface area (Å²) in [5, 5.41) is 1.26. The van der Waals surface area contributed by atoms with Crippen molar-refractivity contribution < 1.29 is 12.8 Å². The Balaban J connectivity index is 1.55. The number of para-hydroxylation sites is 2. The van der Waals surface area contributed by atoms with Crippen molar-refractivity contribution in [1.29, 1.82) is 0 Å². The van der Waals surface area contributed by atoms with Crippen molar-refractivity contribution >= 4 is 48.2 Å². The lowest BCUT2D eigenvalue weighted by Gasteiger charge is -2.11. The molecule has 2 heterocycles. The van der Waals surface area contributed by atoms with Crippen molar-refractivity contribution in [3.05, 3.63) is 89.3 Å². The van der Waals surface area contributed by atoms with Crippen LogP contribution in [0.2, 0.25) is 0 Å². The van der Waals surface area contributed by atoms with Gasteiger partial charge in [-0.3, -0.25) is 4.72 Å². The van der Waals surface area contributed by atoms with Crippen LogP contribution in [0.25, 0.3) is 31.8 Å². The van der Waals surface area contributed by atoms with Gasteiger partial charge in [-0.15, -0.1) is 11.3 Å². The molecule has 5 rings (SSSR count). The van der Waals surface area contributed by atoms with Crippen LogP contribution in [-0.2, 0) is 10.0 Å². The van der Waals surface area contributed by atoms with E-state index in [1.807, 2.05) is 36.4 Å². The largest absolute Gasteiger partial charge is 0.423 e. The SMILES string of the molecule is O=c1ccc2cc(S(=O)(=O)Nc3ccccc3-c3nc4ccccc4s3)ccc2o1. The third-order valence-corrected chi connectivity index (χ3v) is 7.03. The summed E-state index contributed by atoms with van der Waals surface area (Å²) in [6.45, 7) is 0. The smallest absolute Gasteiger partial charge is 0.336 e. The highest BCUT2D eigenvalue weighted by molar-refractivity contribution is 7.92. The number of rotatable bonds is 4. The topological polar surface area (TPSA) is 89.3 Å². The van der Waals surface area contributed by atoms with Gasteiger partial charge in [-0.25, -0.2) is 18.2 Å². The fourth-order valence-corrected chi connectivity index (χ4v) is 5.29. The Hall–Kier alpha value is -3.49. The molecule has 2 aromatic heterocycles. The molecule has 0 saturated heterocycles. The Morgan fingerprint density at radius 1 is 0.900 bits per heavy atom. The van der Waals surface area contributed by atoms with Gasteiger partial charge in [0.15, 0.2) is 0 Å². The minimum Gasteiger partial charge on any atom is -0.423 e. The van der Waals surface area contributed by atoms with E-state index in [4.69, 9.17) is 4.42 Å². The Morgan fingerprint density at radius 3 is 2.57 bits per heavy atom. The molecule has 0 amide bonds. The lowest BCUT2D eigenvalue weighted by molar-refractivity contribution is 0.560. The molecular weight excluding hydrogens is 420 g/mol. The normalized spacial score (nSPS) is 11.7. The second-order valence-electron chi connectivity index (χ2n) is 6.59. The molecule has 8 heteroatoms. The quantitative estimate of drug-likeness (QED) is 0.408. The van der Waals surface area contributed by atoms with Crippen molar-refractivity contribution in [1.82, 2.24) is 4.98 Å². The summed E-state index contributed by atoms with van der Waals surface area (Å²) in [6, 6.07) is 22.1. The van der Waals surface area contributed by atoms with E-state index in [0.717, 1.165) is 15.2 Å². The molecule has 0 aliphatic heterocycles. The van der Waals surface area contributed by atoms with Crippen LogP contribution in [0.15, 0.2) is 93.0 Å². The zero-order valence-corrected chi connectivity index (χ0v) is 17.0. The molecule has 0 spiro atoms. The van der Waals surface area contributed by atoms with Crippen LogP contribution in [0.4, 0.5) is 5.69 Å². The fraction of sp³-hybridized carbons (Fsp3) is 0. The van der Waals surface area contributed by atoms with E-state index in [2.05, 4.69) is 9.71 Å². The van der Waals surface area contributed by atoms with E-state index in [-0.39, 0.29) is 4.90 Å². The monoisotopic (exact) mass is 434 g/mol. The Kier molecular flexibility index (Phi) is 4.38. The molecule has 0 radical (unpaired) electrons. The zero-order chi connectivity index (χ0) is 20.7. The molecule has 0 aliphatic carbocycles. The van der Waals surface area contributed by atoms with Gasteiger partial charge in [0, 0.05) is 17.0 Å². The number of benzene rings is 3. The summed E-state index contributed by atoms with van der Waals surface area (Å²) >= 11 is 1.50. The van der Waals surface area contributed by atoms with E-state index < -0.39 is 15.6 Å². The molecule has 0 unspecified atom stereocenters. The lowest BCUT2D eigenvalue weighted by atomic mass is 10.2. The summed E-state index contributed by atoms with van der Waals surface area (Å²) in [4.78, 5) is 16.1. The number of sulfonamides is 1. The second kappa shape index (κ2) is 7.08. The summed E-state index contributed by atoms with van der Waals surface area (Å²) in [5.74, 6) is 0. The first-order valence-electron chi connectivity index (χ1n) is 9.01. The average Bonchev–Trinajstić information content (AvgIpc) is 3.17. The molecule has 0 fully saturated rings. The first-order valence-corrected chi connectivity index (χ1v) is 11.3. The van der Waals surface area contributed by atoms with Crippen molar-refractivity contribution in [3.63, 3.8) is 0 Å². The number of hydrogen-bond acceptors (Lipinski definition) is 6. The van der Waals surface area contributed by atoms with Gasteiger partial charge in [0.25, 0.3) is 10.0 Å². The highest BCUT2D eigenvalue weighted by Gasteiger charge is 2.18. The third kappa shape index (κ3) is 3.36. The zero-order valence-electron chi connectivity index (χ0n) is 15.4. The molecule has 30 heavy (non-hydrogen) atoms. The summed E-state index contributed by atoms with van der Waals surface area (Å²) in [5.41, 5.74) is 1.86. The van der Waals surface area contributed by atoms with Crippen LogP contribution in [-0.4, -0.2) is 13.4 Å². The van der Waals surface area contributed by atoms with Crippen molar-refractivity contribution in [2.45, 2.75) is 4.90 Å². The van der Waals surface area contributed by atoms with Crippen LogP contribution in [0.3, 0.4) is 0 Å². The molecule has 0 bridgehead atoms. The van der Waals surface area contributed by atoms with E-state index in [9.17, 15) is 13.2 Å². The van der Waals surface area contributed by atoms with Gasteiger partial charge in [0.1, 0.15) is 10.6 Å². The van der Waals surface area contributed by atoms with E-state index in [1.54, 1.807) is 12.1 Å². The molecule has 1 N–H and O–H groups in total. The molecular formula is C22H14N2O4S2. The number of aromatic nitrogens is 1. The highest BCUT2D eigenvalue weighted by atomic mass is 32.2. The van der Waals surface area contributed by atoms with Gasteiger partial charge in [0.05, 0.1) is 20.8 Å². The van der Waals surface area contributed by atoms with Crippen molar-refractivity contribution in [3.8, 4) is 10.6 Å². The van der Waals surface area contributed by atoms with Gasteiger partial charge < -0.3 is 4.42 Å². The summed E-state index contributed by atoms with van der Waals surface area (Å²) < 4.78 is 34.9. The maximum Gasteiger partial charge on any atom is 0.336 e. The van der Waals surface area contributed by atoms with Crippen LogP contribution < -0.4 is 10.3 Å². The second-order valence-corrected chi connectivity index (χ2v) is 9.30. The number of fused-ring (bicyclic) bond motifs is 2. The van der Waals surface area contributed by atoms with Crippen LogP contribution >= 0.6 is 11.3 Å². The predicted octanol–water partition coefficient (Wildman–Crippen LogP) is 4.87. The minimum atomic E-state index is -3.87. The average molecular weight is 434 g/mol. The minimum absolute atomic E-state index is 0.0722. The van der Waals surface area contributed by atoms with Gasteiger partial charge in [-0.2, -0.15) is 0 Å². The van der Waals surface area contributed by atoms with Gasteiger partial charge >= 0.3 is 5.63 Å². The third-order valence-electron chi connectivity index (χ3n) is 4.60. The number of hydrogen-bond donors (Lipinski definition) is 1. The molecule has 0 atom stereocenters. The molecule has 148 valence electrons. The first kappa shape index (κ1) is 18.5. The number of anilines is 1. The van der Waals surface area contributed by atoms with Gasteiger partial charge in [0.2, 0.25) is 0 Å². The van der Waals surface area contributed by atoms with Gasteiger partial charge in [-0.1, -0.05) is 24.3 Å². The predicted molar refractivity (Wildman–Crippen MR) is 118 cm³/mol. The summed E-state index contributed by atoms with van der Waals surface area (Å²) in [7, 11) is -3.87. The number of thiazole rings is 1. The molecule has 0 aliphatic rings. The number of nitrogens with one attached hydrogen (secondary N) is 1. The Labute approximate surface area is 175 Å². The molecule has 5 aromatic rings. The molecule has 3 aromatic carbocycles. The van der Waals surface area contributed by atoms with Crippen LogP contribution in [0.1, 0.15) is 0 Å². The van der Waals surface area contributed by atoms with E-state index >= 15 is 0 Å². The standard InChI is InChI=1S/C22H14N2O4S2/c25-21-12-9-14-13-15(10-11-19(14)28-21)30(26,27)24-17-6-2-1-5-16(17)22-23-18-7-3-4-8-20(18)29-22/h1-13,24H. The van der Waals surface area contributed by atoms with Gasteiger partial charge in [-0.05, 0) is 48.5 Å². The fourth-order valence-electron chi connectivity index (χ4n) is 3.17. The van der Waals surface area contributed by atoms with Crippen LogP contribution in [0.5, 0.6) is 0 Å². The van der Waals surface area contributed by atoms with Crippen molar-refractivity contribution in [2.75, 3.05) is 4.72 Å². The number of nitrogens with zero attached hydrogens (tertiary/aromatic N) is 1. The highest BCUT2D eigenvalue weighted by Crippen LogP contribution is 2.35. The first-order chi connectivity index (χ1) is 14.5. The summed E-state index contributed by atoms with van der Waals surface area (Å²) in [6.07, 6.45) is 0. The molecule has 0 saturated carbocycles. The van der Waals surface area contributed by atoms with E-state index in [0.29, 0.717) is 22.2 Å². The lowest BCUT2D eigenvalue weighted by Crippen LogP contribution is -2.13. The maximum absolute atomic E-state index is 13.0. The maximum atomic E-state index is 13.0. The van der Waals surface area contributed by atoms with Crippen LogP contribution in [0, 0.1) is 0 Å². The van der Waals surface area contributed by atoms with Crippen molar-refractivity contribution in [2.24, 2.45) is 0 Å². The van der Waals surface area contributed by atoms with E-state index in [1.165, 1.54) is 41.7 Å².